The third-order valence-corrected chi connectivity index (χ3v) is 3.11. The monoisotopic (exact) mass is 287 g/mol. The molecule has 0 saturated carbocycles. The average molecular weight is 287 g/mol. The molecule has 0 fully saturated rings. The number of aryl methyl sites for hydroxylation is 2. The molecule has 0 atom stereocenters. The van der Waals surface area contributed by atoms with E-state index < -0.39 is 4.92 Å². The summed E-state index contributed by atoms with van der Waals surface area (Å²) in [5.74, 6) is 0.899. The highest BCUT2D eigenvalue weighted by Gasteiger charge is 2.16. The summed E-state index contributed by atoms with van der Waals surface area (Å²) in [6.45, 7) is 4.17. The Labute approximate surface area is 122 Å². The Hall–Kier alpha value is -2.47. The fourth-order valence-electron chi connectivity index (χ4n) is 2.07. The first-order valence-electron chi connectivity index (χ1n) is 6.55. The maximum atomic E-state index is 11.0. The van der Waals surface area contributed by atoms with E-state index in [1.165, 1.54) is 6.07 Å². The third kappa shape index (κ3) is 3.35. The number of hydrogen-bond donors (Lipinski definition) is 1. The van der Waals surface area contributed by atoms with Gasteiger partial charge in [-0.15, -0.1) is 0 Å². The predicted octanol–water partition coefficient (Wildman–Crippen LogP) is 3.12. The van der Waals surface area contributed by atoms with Crippen molar-refractivity contribution in [2.75, 3.05) is 7.05 Å². The second kappa shape index (κ2) is 6.32. The summed E-state index contributed by atoms with van der Waals surface area (Å²) in [7, 11) is 1.83. The van der Waals surface area contributed by atoms with Crippen LogP contribution in [0, 0.1) is 24.0 Å². The van der Waals surface area contributed by atoms with Crippen LogP contribution in [0.4, 0.5) is 5.69 Å². The molecule has 1 N–H and O–H groups in total. The Morgan fingerprint density at radius 3 is 2.76 bits per heavy atom. The van der Waals surface area contributed by atoms with Crippen molar-refractivity contribution in [3.63, 3.8) is 0 Å². The molecule has 0 bridgehead atoms. The fourth-order valence-corrected chi connectivity index (χ4v) is 2.07. The summed E-state index contributed by atoms with van der Waals surface area (Å²) < 4.78 is 5.78. The molecule has 0 radical (unpaired) electrons. The normalized spacial score (nSPS) is 10.4. The van der Waals surface area contributed by atoms with E-state index >= 15 is 0 Å². The molecular weight excluding hydrogens is 270 g/mol. The zero-order chi connectivity index (χ0) is 15.4. The maximum absolute atomic E-state index is 11.0. The molecular formula is C15H17N3O3. The largest absolute Gasteiger partial charge is 0.438 e. The molecule has 0 spiro atoms. The average Bonchev–Trinajstić information content (AvgIpc) is 2.43. The molecule has 2 rings (SSSR count). The number of benzene rings is 1. The number of nitro groups is 1. The summed E-state index contributed by atoms with van der Waals surface area (Å²) in [4.78, 5) is 14.8. The van der Waals surface area contributed by atoms with Crippen LogP contribution in [0.25, 0.3) is 0 Å². The van der Waals surface area contributed by atoms with Gasteiger partial charge in [-0.2, -0.15) is 0 Å². The van der Waals surface area contributed by atoms with Gasteiger partial charge in [-0.1, -0.05) is 6.07 Å². The Balaban J connectivity index is 2.40. The van der Waals surface area contributed by atoms with Crippen LogP contribution in [0.3, 0.4) is 0 Å². The van der Waals surface area contributed by atoms with Gasteiger partial charge in [-0.05, 0) is 38.6 Å². The minimum absolute atomic E-state index is 0.0432. The maximum Gasteiger partial charge on any atom is 0.276 e. The summed E-state index contributed by atoms with van der Waals surface area (Å²) in [5.41, 5.74) is 2.38. The summed E-state index contributed by atoms with van der Waals surface area (Å²) in [5, 5.41) is 14.1. The van der Waals surface area contributed by atoms with Crippen LogP contribution in [0.5, 0.6) is 11.6 Å². The van der Waals surface area contributed by atoms with Gasteiger partial charge in [0, 0.05) is 23.9 Å². The Bertz CT molecular complexity index is 671. The third-order valence-electron chi connectivity index (χ3n) is 3.11. The SMILES string of the molecule is CNCc1cccnc1Oc1cc([N+](=O)[O-])c(C)cc1C. The molecule has 1 aromatic heterocycles. The van der Waals surface area contributed by atoms with Crippen molar-refractivity contribution in [2.45, 2.75) is 20.4 Å². The Morgan fingerprint density at radius 1 is 1.33 bits per heavy atom. The Morgan fingerprint density at radius 2 is 2.10 bits per heavy atom. The lowest BCUT2D eigenvalue weighted by molar-refractivity contribution is -0.385. The van der Waals surface area contributed by atoms with Crippen molar-refractivity contribution in [1.82, 2.24) is 10.3 Å². The van der Waals surface area contributed by atoms with Crippen LogP contribution >= 0.6 is 0 Å². The standard InChI is InChI=1S/C15H17N3O3/c1-10-7-11(2)14(8-13(10)18(19)20)21-15-12(9-16-3)5-4-6-17-15/h4-8,16H,9H2,1-3H3. The second-order valence-corrected chi connectivity index (χ2v) is 4.76. The smallest absolute Gasteiger partial charge is 0.276 e. The molecule has 0 aliphatic rings. The van der Waals surface area contributed by atoms with Gasteiger partial charge in [0.15, 0.2) is 0 Å². The molecule has 1 aromatic carbocycles. The molecule has 0 unspecified atom stereocenters. The highest BCUT2D eigenvalue weighted by molar-refractivity contribution is 5.51. The molecule has 0 aliphatic heterocycles. The predicted molar refractivity (Wildman–Crippen MR) is 79.6 cm³/mol. The van der Waals surface area contributed by atoms with Gasteiger partial charge in [0.25, 0.3) is 5.69 Å². The summed E-state index contributed by atoms with van der Waals surface area (Å²) in [6, 6.07) is 6.91. The van der Waals surface area contributed by atoms with Crippen LogP contribution < -0.4 is 10.1 Å². The van der Waals surface area contributed by atoms with Gasteiger partial charge in [0.2, 0.25) is 5.88 Å². The van der Waals surface area contributed by atoms with E-state index in [0.29, 0.717) is 23.7 Å². The molecule has 21 heavy (non-hydrogen) atoms. The molecule has 2 aromatic rings. The van der Waals surface area contributed by atoms with Gasteiger partial charge in [-0.25, -0.2) is 4.98 Å². The number of ether oxygens (including phenoxy) is 1. The first-order chi connectivity index (χ1) is 10.0. The van der Waals surface area contributed by atoms with E-state index in [4.69, 9.17) is 4.74 Å². The molecule has 6 heteroatoms. The van der Waals surface area contributed by atoms with Crippen LogP contribution in [0.15, 0.2) is 30.5 Å². The van der Waals surface area contributed by atoms with E-state index in [-0.39, 0.29) is 5.69 Å². The van der Waals surface area contributed by atoms with Gasteiger partial charge in [0.1, 0.15) is 5.75 Å². The number of aromatic nitrogens is 1. The minimum atomic E-state index is -0.408. The first kappa shape index (κ1) is 14.9. The van der Waals surface area contributed by atoms with Gasteiger partial charge >= 0.3 is 0 Å². The number of hydrogen-bond acceptors (Lipinski definition) is 5. The number of nitrogens with zero attached hydrogens (tertiary/aromatic N) is 2. The van der Waals surface area contributed by atoms with E-state index in [0.717, 1.165) is 11.1 Å². The lowest BCUT2D eigenvalue weighted by Gasteiger charge is -2.12. The van der Waals surface area contributed by atoms with Crippen molar-refractivity contribution in [3.05, 3.63) is 57.3 Å². The van der Waals surface area contributed by atoms with E-state index in [9.17, 15) is 10.1 Å². The second-order valence-electron chi connectivity index (χ2n) is 4.76. The van der Waals surface area contributed by atoms with E-state index in [1.54, 1.807) is 19.2 Å². The lowest BCUT2D eigenvalue weighted by Crippen LogP contribution is -2.07. The van der Waals surface area contributed by atoms with Gasteiger partial charge in [-0.3, -0.25) is 10.1 Å². The van der Waals surface area contributed by atoms with Gasteiger partial charge in [0.05, 0.1) is 11.0 Å². The number of nitrogens with one attached hydrogen (secondary N) is 1. The van der Waals surface area contributed by atoms with E-state index in [2.05, 4.69) is 10.3 Å². The van der Waals surface area contributed by atoms with Crippen molar-refractivity contribution >= 4 is 5.69 Å². The lowest BCUT2D eigenvalue weighted by atomic mass is 10.1. The summed E-state index contributed by atoms with van der Waals surface area (Å²) >= 11 is 0. The van der Waals surface area contributed by atoms with Crippen molar-refractivity contribution in [2.24, 2.45) is 0 Å². The van der Waals surface area contributed by atoms with Crippen molar-refractivity contribution in [1.29, 1.82) is 0 Å². The van der Waals surface area contributed by atoms with Crippen LogP contribution in [-0.4, -0.2) is 17.0 Å². The summed E-state index contributed by atoms with van der Waals surface area (Å²) in [6.07, 6.45) is 1.63. The molecule has 110 valence electrons. The highest BCUT2D eigenvalue weighted by atomic mass is 16.6. The number of nitro benzene ring substituents is 1. The van der Waals surface area contributed by atoms with Crippen LogP contribution in [-0.2, 0) is 6.54 Å². The van der Waals surface area contributed by atoms with Crippen molar-refractivity contribution in [3.8, 4) is 11.6 Å². The fraction of sp³-hybridized carbons (Fsp3) is 0.267. The molecule has 1 heterocycles. The zero-order valence-electron chi connectivity index (χ0n) is 12.2. The topological polar surface area (TPSA) is 77.3 Å². The zero-order valence-corrected chi connectivity index (χ0v) is 12.2. The number of pyridine rings is 1. The van der Waals surface area contributed by atoms with Crippen LogP contribution in [0.2, 0.25) is 0 Å². The van der Waals surface area contributed by atoms with E-state index in [1.807, 2.05) is 26.1 Å². The number of rotatable bonds is 5. The molecule has 0 aliphatic carbocycles. The first-order valence-corrected chi connectivity index (χ1v) is 6.55. The van der Waals surface area contributed by atoms with Crippen LogP contribution in [0.1, 0.15) is 16.7 Å². The quantitative estimate of drug-likeness (QED) is 0.675. The van der Waals surface area contributed by atoms with Gasteiger partial charge < -0.3 is 10.1 Å². The molecule has 6 nitrogen and oxygen atoms in total. The minimum Gasteiger partial charge on any atom is -0.438 e. The Kier molecular flexibility index (Phi) is 4.49. The van der Waals surface area contributed by atoms with Crippen molar-refractivity contribution < 1.29 is 9.66 Å². The molecule has 0 amide bonds. The highest BCUT2D eigenvalue weighted by Crippen LogP contribution is 2.31. The molecule has 0 saturated heterocycles.